The largest absolute Gasteiger partial charge is 0.472 e. The van der Waals surface area contributed by atoms with Crippen LogP contribution in [0.1, 0.15) is 142 Å². The van der Waals surface area contributed by atoms with Crippen LogP contribution in [0.25, 0.3) is 0 Å². The Bertz CT molecular complexity index is 911. The maximum absolute atomic E-state index is 12.8. The van der Waals surface area contributed by atoms with Crippen molar-refractivity contribution in [1.82, 2.24) is 5.32 Å². The number of aliphatic hydroxyl groups excluding tert-OH is 7. The summed E-state index contributed by atoms with van der Waals surface area (Å²) in [7, 11) is -5.10. The molecule has 0 aromatic carbocycles. The minimum Gasteiger partial charge on any atom is -0.393 e. The minimum absolute atomic E-state index is 0.236. The van der Waals surface area contributed by atoms with E-state index in [4.69, 9.17) is 9.05 Å². The number of carbonyl (C=O) groups is 1. The van der Waals surface area contributed by atoms with Gasteiger partial charge in [-0.3, -0.25) is 13.8 Å². The number of carbonyl (C=O) groups excluding carboxylic acids is 1. The second kappa shape index (κ2) is 26.8. The van der Waals surface area contributed by atoms with E-state index < -0.39 is 75.2 Å². The van der Waals surface area contributed by atoms with Crippen LogP contribution in [0.4, 0.5) is 0 Å². The van der Waals surface area contributed by atoms with Gasteiger partial charge >= 0.3 is 7.82 Å². The molecule has 0 spiro atoms. The molecular formula is C35H68NO12P. The molecule has 0 radical (unpaired) electrons. The number of amides is 1. The normalized spacial score (nSPS) is 26.0. The lowest BCUT2D eigenvalue weighted by atomic mass is 9.85. The van der Waals surface area contributed by atoms with Gasteiger partial charge < -0.3 is 46.0 Å². The lowest BCUT2D eigenvalue weighted by molar-refractivity contribution is -0.220. The molecule has 14 heteroatoms. The topological polar surface area (TPSA) is 226 Å². The molecule has 49 heavy (non-hydrogen) atoms. The summed E-state index contributed by atoms with van der Waals surface area (Å²) >= 11 is 0. The highest BCUT2D eigenvalue weighted by atomic mass is 31.2. The SMILES string of the molecule is CCCC/C=C\CCCCC(O)CC(=O)NC(COP(=O)(O)OC1C(O)C(O)C(O)C(O)C1O)C(O)CCCCCCCCCCCCC. The molecule has 1 saturated carbocycles. The molecule has 0 aliphatic heterocycles. The van der Waals surface area contributed by atoms with Crippen LogP contribution in [0.15, 0.2) is 12.2 Å². The van der Waals surface area contributed by atoms with Crippen molar-refractivity contribution in [3.8, 4) is 0 Å². The van der Waals surface area contributed by atoms with Gasteiger partial charge in [-0.2, -0.15) is 0 Å². The summed E-state index contributed by atoms with van der Waals surface area (Å²) in [4.78, 5) is 23.2. The van der Waals surface area contributed by atoms with Crippen molar-refractivity contribution in [1.29, 1.82) is 0 Å². The molecule has 8 unspecified atom stereocenters. The first-order valence-corrected chi connectivity index (χ1v) is 20.2. The van der Waals surface area contributed by atoms with Crippen LogP contribution in [-0.2, 0) is 18.4 Å². The number of phosphoric ester groups is 1. The van der Waals surface area contributed by atoms with Crippen molar-refractivity contribution < 1.29 is 59.0 Å². The summed E-state index contributed by atoms with van der Waals surface area (Å²) in [6, 6.07) is -1.15. The van der Waals surface area contributed by atoms with Crippen molar-refractivity contribution >= 4 is 13.7 Å². The van der Waals surface area contributed by atoms with E-state index in [0.29, 0.717) is 12.8 Å². The molecule has 0 aromatic rings. The Morgan fingerprint density at radius 3 is 1.71 bits per heavy atom. The van der Waals surface area contributed by atoms with Gasteiger partial charge in [0.25, 0.3) is 0 Å². The molecule has 0 saturated heterocycles. The van der Waals surface area contributed by atoms with Crippen molar-refractivity contribution in [3.63, 3.8) is 0 Å². The monoisotopic (exact) mass is 725 g/mol. The molecule has 1 fully saturated rings. The van der Waals surface area contributed by atoms with Gasteiger partial charge in [0.05, 0.1) is 31.3 Å². The number of allylic oxidation sites excluding steroid dienone is 2. The van der Waals surface area contributed by atoms with Gasteiger partial charge in [-0.05, 0) is 32.1 Å². The predicted molar refractivity (Wildman–Crippen MR) is 187 cm³/mol. The van der Waals surface area contributed by atoms with E-state index in [1.807, 2.05) is 0 Å². The zero-order valence-electron chi connectivity index (χ0n) is 29.9. The highest BCUT2D eigenvalue weighted by Crippen LogP contribution is 2.47. The van der Waals surface area contributed by atoms with E-state index in [9.17, 15) is 50.0 Å². The zero-order chi connectivity index (χ0) is 36.7. The molecule has 290 valence electrons. The Morgan fingerprint density at radius 2 is 1.16 bits per heavy atom. The highest BCUT2D eigenvalue weighted by molar-refractivity contribution is 7.47. The average molecular weight is 726 g/mol. The van der Waals surface area contributed by atoms with Gasteiger partial charge in [-0.25, -0.2) is 4.57 Å². The zero-order valence-corrected chi connectivity index (χ0v) is 30.8. The van der Waals surface area contributed by atoms with E-state index in [2.05, 4.69) is 31.3 Å². The standard InChI is InChI=1S/C35H68NO12P/c1-3-5-7-9-11-13-14-15-17-19-21-23-28(38)27(36-29(39)24-26(37)22-20-18-16-12-10-8-6-4-2)25-47-49(45,46)48-35-33(43)31(41)30(40)32(42)34(35)44/h10,12,26-28,30-35,37-38,40-44H,3-9,11,13-25H2,1-2H3,(H,36,39)(H,45,46)/b12-10-. The molecule has 0 aromatic heterocycles. The first-order chi connectivity index (χ1) is 23.3. The third-order valence-corrected chi connectivity index (χ3v) is 10.1. The number of nitrogens with one attached hydrogen (secondary N) is 1. The third-order valence-electron chi connectivity index (χ3n) is 9.13. The molecule has 8 atom stereocenters. The highest BCUT2D eigenvalue weighted by Gasteiger charge is 2.51. The molecule has 1 rings (SSSR count). The Hall–Kier alpha value is -0.960. The molecule has 0 heterocycles. The van der Waals surface area contributed by atoms with Gasteiger partial charge in [-0.15, -0.1) is 0 Å². The molecule has 1 aliphatic carbocycles. The summed E-state index contributed by atoms with van der Waals surface area (Å²) in [6.07, 6.45) is 8.82. The fraction of sp³-hybridized carbons (Fsp3) is 0.914. The van der Waals surface area contributed by atoms with Crippen LogP contribution in [0.5, 0.6) is 0 Å². The summed E-state index contributed by atoms with van der Waals surface area (Å²) < 4.78 is 22.7. The van der Waals surface area contributed by atoms with Crippen molar-refractivity contribution in [2.45, 2.75) is 197 Å². The number of rotatable bonds is 29. The van der Waals surface area contributed by atoms with Crippen LogP contribution in [0, 0.1) is 0 Å². The predicted octanol–water partition coefficient (Wildman–Crippen LogP) is 3.91. The molecule has 0 bridgehead atoms. The number of unbranched alkanes of at least 4 members (excludes halogenated alkanes) is 14. The fourth-order valence-electron chi connectivity index (χ4n) is 5.93. The van der Waals surface area contributed by atoms with Crippen LogP contribution in [0.2, 0.25) is 0 Å². The van der Waals surface area contributed by atoms with E-state index in [1.165, 1.54) is 38.5 Å². The van der Waals surface area contributed by atoms with Gasteiger partial charge in [0.15, 0.2) is 0 Å². The van der Waals surface area contributed by atoms with Crippen LogP contribution < -0.4 is 5.32 Å². The lowest BCUT2D eigenvalue weighted by Crippen LogP contribution is -2.64. The second-order valence-corrected chi connectivity index (χ2v) is 15.0. The summed E-state index contributed by atoms with van der Waals surface area (Å²) in [5, 5.41) is 73.9. The van der Waals surface area contributed by atoms with Crippen molar-refractivity contribution in [2.24, 2.45) is 0 Å². The fourth-order valence-corrected chi connectivity index (χ4v) is 6.90. The minimum atomic E-state index is -5.10. The van der Waals surface area contributed by atoms with Crippen LogP contribution in [0.3, 0.4) is 0 Å². The van der Waals surface area contributed by atoms with Crippen molar-refractivity contribution in [2.75, 3.05) is 6.61 Å². The smallest absolute Gasteiger partial charge is 0.393 e. The summed E-state index contributed by atoms with van der Waals surface area (Å²) in [6.45, 7) is 3.65. The number of phosphoric acid groups is 1. The number of hydrogen-bond donors (Lipinski definition) is 9. The first kappa shape index (κ1) is 46.1. The lowest BCUT2D eigenvalue weighted by Gasteiger charge is -2.41. The van der Waals surface area contributed by atoms with Gasteiger partial charge in [0, 0.05) is 0 Å². The summed E-state index contributed by atoms with van der Waals surface area (Å²) in [5.41, 5.74) is 0. The maximum Gasteiger partial charge on any atom is 0.472 e. The van der Waals surface area contributed by atoms with E-state index >= 15 is 0 Å². The second-order valence-electron chi connectivity index (χ2n) is 13.6. The summed E-state index contributed by atoms with van der Waals surface area (Å²) in [5.74, 6) is -0.578. The quantitative estimate of drug-likeness (QED) is 0.0304. The number of hydrogen-bond acceptors (Lipinski definition) is 11. The number of aliphatic hydroxyl groups is 7. The third kappa shape index (κ3) is 20.0. The molecular weight excluding hydrogens is 657 g/mol. The molecule has 1 amide bonds. The Labute approximate surface area is 293 Å². The molecule has 9 N–H and O–H groups in total. The Balaban J connectivity index is 2.67. The van der Waals surface area contributed by atoms with Crippen LogP contribution >= 0.6 is 7.82 Å². The van der Waals surface area contributed by atoms with Crippen molar-refractivity contribution in [3.05, 3.63) is 12.2 Å². The van der Waals surface area contributed by atoms with Crippen LogP contribution in [-0.4, -0.2) is 108 Å². The average Bonchev–Trinajstić information content (AvgIpc) is 3.06. The molecule has 13 nitrogen and oxygen atoms in total. The Morgan fingerprint density at radius 1 is 0.694 bits per heavy atom. The Kier molecular flexibility index (Phi) is 25.2. The maximum atomic E-state index is 12.8. The van der Waals surface area contributed by atoms with Gasteiger partial charge in [0.1, 0.15) is 36.6 Å². The molecule has 1 aliphatic rings. The van der Waals surface area contributed by atoms with Gasteiger partial charge in [-0.1, -0.05) is 116 Å². The van der Waals surface area contributed by atoms with Gasteiger partial charge in [0.2, 0.25) is 5.91 Å². The van der Waals surface area contributed by atoms with E-state index in [1.54, 1.807) is 0 Å². The van der Waals surface area contributed by atoms with E-state index in [-0.39, 0.29) is 12.8 Å². The van der Waals surface area contributed by atoms with E-state index in [0.717, 1.165) is 64.2 Å². The first-order valence-electron chi connectivity index (χ1n) is 18.7.